The van der Waals surface area contributed by atoms with E-state index in [1.165, 1.54) is 6.07 Å². The van der Waals surface area contributed by atoms with Crippen LogP contribution in [0.2, 0.25) is 0 Å². The van der Waals surface area contributed by atoms with E-state index in [4.69, 9.17) is 4.74 Å². The van der Waals surface area contributed by atoms with Crippen LogP contribution in [0.5, 0.6) is 5.75 Å². The smallest absolute Gasteiger partial charge is 0.150 e. The summed E-state index contributed by atoms with van der Waals surface area (Å²) in [4.78, 5) is 4.33. The summed E-state index contributed by atoms with van der Waals surface area (Å²) in [6.45, 7) is 0.843. The highest BCUT2D eigenvalue weighted by Gasteiger charge is 2.06. The molecule has 0 radical (unpaired) electrons. The molecule has 26 heavy (non-hydrogen) atoms. The van der Waals surface area contributed by atoms with Crippen LogP contribution in [0.25, 0.3) is 11.0 Å². The van der Waals surface area contributed by atoms with E-state index in [-0.39, 0.29) is 5.82 Å². The topological polar surface area (TPSA) is 39.1 Å². The molecular formula is C21H18FN3O. The average molecular weight is 347 g/mol. The predicted octanol–water partition coefficient (Wildman–Crippen LogP) is 4.82. The number of nitrogens with zero attached hydrogens (tertiary/aromatic N) is 2. The molecule has 4 rings (SSSR count). The molecule has 0 aliphatic heterocycles. The van der Waals surface area contributed by atoms with E-state index >= 15 is 0 Å². The molecule has 130 valence electrons. The van der Waals surface area contributed by atoms with Crippen LogP contribution in [0, 0.1) is 5.82 Å². The maximum atomic E-state index is 14.4. The molecule has 0 bridgehead atoms. The number of fused-ring (bicyclic) bond motifs is 1. The largest absolute Gasteiger partial charge is 0.489 e. The highest BCUT2D eigenvalue weighted by molar-refractivity contribution is 5.75. The summed E-state index contributed by atoms with van der Waals surface area (Å²) in [6, 6.07) is 22.5. The number of rotatable bonds is 6. The van der Waals surface area contributed by atoms with Crippen LogP contribution in [-0.4, -0.2) is 9.55 Å². The monoisotopic (exact) mass is 347 g/mol. The van der Waals surface area contributed by atoms with Crippen molar-refractivity contribution in [1.82, 2.24) is 9.55 Å². The summed E-state index contributed by atoms with van der Waals surface area (Å²) in [5, 5.41) is 3.10. The fourth-order valence-electron chi connectivity index (χ4n) is 2.78. The van der Waals surface area contributed by atoms with Gasteiger partial charge in [-0.1, -0.05) is 42.5 Å². The molecule has 0 amide bonds. The fraction of sp³-hybridized carbons (Fsp3) is 0.0952. The number of anilines is 1. The van der Waals surface area contributed by atoms with E-state index < -0.39 is 0 Å². The van der Waals surface area contributed by atoms with Gasteiger partial charge in [-0.05, 0) is 29.8 Å². The fourth-order valence-corrected chi connectivity index (χ4v) is 2.78. The van der Waals surface area contributed by atoms with Crippen LogP contribution in [0.15, 0.2) is 79.1 Å². The van der Waals surface area contributed by atoms with Gasteiger partial charge in [0.15, 0.2) is 0 Å². The molecule has 0 spiro atoms. The zero-order valence-electron chi connectivity index (χ0n) is 14.1. The molecule has 0 fully saturated rings. The van der Waals surface area contributed by atoms with Gasteiger partial charge in [-0.15, -0.1) is 0 Å². The van der Waals surface area contributed by atoms with Gasteiger partial charge in [0, 0.05) is 6.07 Å². The molecule has 0 unspecified atom stereocenters. The molecule has 4 aromatic rings. The first-order valence-corrected chi connectivity index (χ1v) is 8.39. The quantitative estimate of drug-likeness (QED) is 0.543. The van der Waals surface area contributed by atoms with Crippen molar-refractivity contribution in [1.29, 1.82) is 0 Å². The molecule has 1 aromatic heterocycles. The number of halogens is 1. The Morgan fingerprint density at radius 1 is 0.962 bits per heavy atom. The highest BCUT2D eigenvalue weighted by Crippen LogP contribution is 2.22. The highest BCUT2D eigenvalue weighted by atomic mass is 19.1. The summed E-state index contributed by atoms with van der Waals surface area (Å²) in [5.41, 5.74) is 3.39. The number of ether oxygens (including phenoxy) is 1. The molecule has 0 aliphatic carbocycles. The van der Waals surface area contributed by atoms with Crippen LogP contribution < -0.4 is 10.1 Å². The Bertz CT molecular complexity index is 1010. The first-order chi connectivity index (χ1) is 12.8. The molecule has 1 N–H and O–H groups in total. The SMILES string of the molecule is Fc1cc(OCc2ccccc2)ccc1NCn1cnc2ccccc21. The Balaban J connectivity index is 1.41. The molecule has 0 saturated carbocycles. The van der Waals surface area contributed by atoms with Crippen LogP contribution in [0.4, 0.5) is 10.1 Å². The van der Waals surface area contributed by atoms with Gasteiger partial charge < -0.3 is 14.6 Å². The van der Waals surface area contributed by atoms with Gasteiger partial charge in [-0.2, -0.15) is 0 Å². The van der Waals surface area contributed by atoms with E-state index in [2.05, 4.69) is 10.3 Å². The summed E-state index contributed by atoms with van der Waals surface area (Å²) < 4.78 is 21.9. The van der Waals surface area contributed by atoms with Gasteiger partial charge >= 0.3 is 0 Å². The van der Waals surface area contributed by atoms with Gasteiger partial charge in [0.2, 0.25) is 0 Å². The van der Waals surface area contributed by atoms with Crippen LogP contribution >= 0.6 is 0 Å². The summed E-state index contributed by atoms with van der Waals surface area (Å²) >= 11 is 0. The number of nitrogens with one attached hydrogen (secondary N) is 1. The lowest BCUT2D eigenvalue weighted by molar-refractivity contribution is 0.304. The predicted molar refractivity (Wildman–Crippen MR) is 101 cm³/mol. The standard InChI is InChI=1S/C21H18FN3O/c22-18-12-17(26-13-16-6-2-1-3-7-16)10-11-19(18)23-14-25-15-24-20-8-4-5-9-21(20)25/h1-12,15,23H,13-14H2. The Labute approximate surface area is 150 Å². The zero-order chi connectivity index (χ0) is 17.8. The number of aromatic nitrogens is 2. The molecule has 4 nitrogen and oxygen atoms in total. The van der Waals surface area contributed by atoms with E-state index in [0.717, 1.165) is 16.6 Å². The first kappa shape index (κ1) is 16.1. The third-order valence-electron chi connectivity index (χ3n) is 4.16. The Kier molecular flexibility index (Phi) is 4.51. The lowest BCUT2D eigenvalue weighted by atomic mass is 10.2. The van der Waals surface area contributed by atoms with Crippen molar-refractivity contribution < 1.29 is 9.13 Å². The number of hydrogen-bond acceptors (Lipinski definition) is 3. The van der Waals surface area contributed by atoms with E-state index in [9.17, 15) is 4.39 Å². The van der Waals surface area contributed by atoms with E-state index in [0.29, 0.717) is 24.7 Å². The van der Waals surface area contributed by atoms with Crippen molar-refractivity contribution in [3.05, 3.63) is 90.5 Å². The van der Waals surface area contributed by atoms with Gasteiger partial charge in [-0.25, -0.2) is 9.37 Å². The Morgan fingerprint density at radius 2 is 1.77 bits per heavy atom. The van der Waals surface area contributed by atoms with E-state index in [1.807, 2.05) is 59.2 Å². The Hall–Kier alpha value is -3.34. The number of imidazole rings is 1. The van der Waals surface area contributed by atoms with Gasteiger partial charge in [-0.3, -0.25) is 0 Å². The van der Waals surface area contributed by atoms with Crippen molar-refractivity contribution in [2.75, 3.05) is 5.32 Å². The molecule has 0 aliphatic rings. The number of benzene rings is 3. The number of para-hydroxylation sites is 2. The Morgan fingerprint density at radius 3 is 2.62 bits per heavy atom. The summed E-state index contributed by atoms with van der Waals surface area (Å²) in [5.74, 6) is 0.157. The minimum atomic E-state index is -0.347. The first-order valence-electron chi connectivity index (χ1n) is 8.39. The molecular weight excluding hydrogens is 329 g/mol. The van der Waals surface area contributed by atoms with Crippen LogP contribution in [0.3, 0.4) is 0 Å². The molecule has 5 heteroatoms. The molecule has 0 atom stereocenters. The maximum absolute atomic E-state index is 14.4. The van der Waals surface area contributed by atoms with Crippen LogP contribution in [-0.2, 0) is 13.3 Å². The second-order valence-corrected chi connectivity index (χ2v) is 5.95. The minimum absolute atomic E-state index is 0.347. The zero-order valence-corrected chi connectivity index (χ0v) is 14.1. The average Bonchev–Trinajstić information content (AvgIpc) is 3.10. The van der Waals surface area contributed by atoms with Gasteiger partial charge in [0.05, 0.1) is 29.7 Å². The van der Waals surface area contributed by atoms with Crippen molar-refractivity contribution in [2.24, 2.45) is 0 Å². The molecule has 3 aromatic carbocycles. The van der Waals surface area contributed by atoms with Gasteiger partial charge in [0.25, 0.3) is 0 Å². The lowest BCUT2D eigenvalue weighted by Gasteiger charge is -2.11. The summed E-state index contributed by atoms with van der Waals surface area (Å²) in [6.07, 6.45) is 1.74. The molecule has 1 heterocycles. The summed E-state index contributed by atoms with van der Waals surface area (Å²) in [7, 11) is 0. The van der Waals surface area contributed by atoms with Crippen molar-refractivity contribution in [2.45, 2.75) is 13.3 Å². The van der Waals surface area contributed by atoms with Crippen molar-refractivity contribution >= 4 is 16.7 Å². The van der Waals surface area contributed by atoms with Crippen molar-refractivity contribution in [3.8, 4) is 5.75 Å². The maximum Gasteiger partial charge on any atom is 0.150 e. The third-order valence-corrected chi connectivity index (χ3v) is 4.16. The normalized spacial score (nSPS) is 10.8. The second-order valence-electron chi connectivity index (χ2n) is 5.95. The van der Waals surface area contributed by atoms with Gasteiger partial charge in [0.1, 0.15) is 18.2 Å². The number of hydrogen-bond donors (Lipinski definition) is 1. The van der Waals surface area contributed by atoms with Crippen LogP contribution in [0.1, 0.15) is 5.56 Å². The minimum Gasteiger partial charge on any atom is -0.489 e. The second kappa shape index (κ2) is 7.27. The van der Waals surface area contributed by atoms with E-state index in [1.54, 1.807) is 18.5 Å². The lowest BCUT2D eigenvalue weighted by Crippen LogP contribution is -2.08. The third kappa shape index (κ3) is 3.52. The molecule has 0 saturated heterocycles. The van der Waals surface area contributed by atoms with Crippen molar-refractivity contribution in [3.63, 3.8) is 0 Å².